The molecule has 4 nitrogen and oxygen atoms in total. The van der Waals surface area contributed by atoms with Gasteiger partial charge in [0.15, 0.2) is 6.10 Å². The number of piperidine rings is 1. The van der Waals surface area contributed by atoms with E-state index in [1.165, 1.54) is 0 Å². The standard InChI is InChI=1S/C17H25BrN2O2.ClH/c1-3-19-12-14-8-10-20(11-9-14)17(21)13(2)22-16-6-4-15(18)5-7-16;/h4-7,13-14,19H,3,8-12H2,1-2H3;1H. The number of nitrogens with zero attached hydrogens (tertiary/aromatic N) is 1. The van der Waals surface area contributed by atoms with Crippen LogP contribution in [0.15, 0.2) is 28.7 Å². The van der Waals surface area contributed by atoms with Gasteiger partial charge in [0.05, 0.1) is 0 Å². The monoisotopic (exact) mass is 404 g/mol. The highest BCUT2D eigenvalue weighted by Gasteiger charge is 2.26. The molecule has 0 bridgehead atoms. The molecule has 1 heterocycles. The first-order chi connectivity index (χ1) is 10.6. The summed E-state index contributed by atoms with van der Waals surface area (Å²) in [7, 11) is 0. The molecule has 1 aromatic carbocycles. The molecule has 0 radical (unpaired) electrons. The van der Waals surface area contributed by atoms with E-state index in [4.69, 9.17) is 4.74 Å². The van der Waals surface area contributed by atoms with Crippen LogP contribution < -0.4 is 10.1 Å². The maximum absolute atomic E-state index is 12.5. The van der Waals surface area contributed by atoms with Crippen LogP contribution in [-0.2, 0) is 4.79 Å². The molecule has 1 unspecified atom stereocenters. The van der Waals surface area contributed by atoms with E-state index in [0.29, 0.717) is 5.92 Å². The van der Waals surface area contributed by atoms with E-state index in [9.17, 15) is 4.79 Å². The van der Waals surface area contributed by atoms with E-state index in [0.717, 1.165) is 49.2 Å². The third-order valence-corrected chi connectivity index (χ3v) is 4.61. The van der Waals surface area contributed by atoms with Gasteiger partial charge in [-0.1, -0.05) is 22.9 Å². The molecule has 6 heteroatoms. The molecule has 0 spiro atoms. The average Bonchev–Trinajstić information content (AvgIpc) is 2.55. The number of benzene rings is 1. The summed E-state index contributed by atoms with van der Waals surface area (Å²) in [6.07, 6.45) is 1.71. The van der Waals surface area contributed by atoms with Gasteiger partial charge in [-0.05, 0) is 63.0 Å². The van der Waals surface area contributed by atoms with Crippen LogP contribution in [0.5, 0.6) is 5.75 Å². The number of amides is 1. The lowest BCUT2D eigenvalue weighted by atomic mass is 9.96. The van der Waals surface area contributed by atoms with Gasteiger partial charge in [0.2, 0.25) is 0 Å². The summed E-state index contributed by atoms with van der Waals surface area (Å²) in [6.45, 7) is 7.70. The van der Waals surface area contributed by atoms with Crippen LogP contribution in [0, 0.1) is 5.92 Å². The zero-order valence-corrected chi connectivity index (χ0v) is 16.2. The molecule has 2 rings (SSSR count). The van der Waals surface area contributed by atoms with Gasteiger partial charge in [-0.15, -0.1) is 12.4 Å². The Kier molecular flexibility index (Phi) is 8.95. The summed E-state index contributed by atoms with van der Waals surface area (Å²) in [5.74, 6) is 1.50. The number of rotatable bonds is 6. The topological polar surface area (TPSA) is 41.6 Å². The molecular formula is C17H26BrClN2O2. The number of carbonyl (C=O) groups is 1. The molecule has 1 aromatic rings. The highest BCUT2D eigenvalue weighted by molar-refractivity contribution is 9.10. The van der Waals surface area contributed by atoms with Crippen LogP contribution in [-0.4, -0.2) is 43.1 Å². The van der Waals surface area contributed by atoms with Crippen molar-refractivity contribution >= 4 is 34.2 Å². The normalized spacial score (nSPS) is 16.6. The Morgan fingerprint density at radius 2 is 1.96 bits per heavy atom. The smallest absolute Gasteiger partial charge is 0.263 e. The lowest BCUT2D eigenvalue weighted by Crippen LogP contribution is -2.45. The number of hydrogen-bond acceptors (Lipinski definition) is 3. The number of carbonyl (C=O) groups excluding carboxylic acids is 1. The maximum atomic E-state index is 12.5. The van der Waals surface area contributed by atoms with Gasteiger partial charge in [0, 0.05) is 17.6 Å². The van der Waals surface area contributed by atoms with Gasteiger partial charge in [-0.3, -0.25) is 4.79 Å². The van der Waals surface area contributed by atoms with Crippen LogP contribution in [0.3, 0.4) is 0 Å². The summed E-state index contributed by atoms with van der Waals surface area (Å²) in [4.78, 5) is 14.4. The second kappa shape index (κ2) is 10.2. The SMILES string of the molecule is CCNCC1CCN(C(=O)C(C)Oc2ccc(Br)cc2)CC1.Cl. The van der Waals surface area contributed by atoms with Crippen LogP contribution in [0.25, 0.3) is 0 Å². The van der Waals surface area contributed by atoms with Crippen molar-refractivity contribution in [2.24, 2.45) is 5.92 Å². The summed E-state index contributed by atoms with van der Waals surface area (Å²) in [6, 6.07) is 7.57. The minimum Gasteiger partial charge on any atom is -0.481 e. The third kappa shape index (κ3) is 6.32. The Labute approximate surface area is 153 Å². The molecule has 1 aliphatic heterocycles. The molecule has 1 N–H and O–H groups in total. The molecule has 1 atom stereocenters. The fourth-order valence-electron chi connectivity index (χ4n) is 2.73. The molecule has 0 saturated carbocycles. The van der Waals surface area contributed by atoms with Gasteiger partial charge >= 0.3 is 0 Å². The van der Waals surface area contributed by atoms with Crippen molar-refractivity contribution in [3.63, 3.8) is 0 Å². The number of hydrogen-bond donors (Lipinski definition) is 1. The van der Waals surface area contributed by atoms with E-state index in [1.807, 2.05) is 36.1 Å². The summed E-state index contributed by atoms with van der Waals surface area (Å²) >= 11 is 3.39. The van der Waals surface area contributed by atoms with Crippen molar-refractivity contribution in [1.29, 1.82) is 0 Å². The van der Waals surface area contributed by atoms with Gasteiger partial charge in [0.25, 0.3) is 5.91 Å². The zero-order chi connectivity index (χ0) is 15.9. The largest absolute Gasteiger partial charge is 0.481 e. The molecule has 1 fully saturated rings. The van der Waals surface area contributed by atoms with E-state index in [2.05, 4.69) is 28.2 Å². The fourth-order valence-corrected chi connectivity index (χ4v) is 3.00. The first kappa shape index (κ1) is 20.3. The van der Waals surface area contributed by atoms with E-state index in [1.54, 1.807) is 0 Å². The lowest BCUT2D eigenvalue weighted by Gasteiger charge is -2.33. The molecular weight excluding hydrogens is 380 g/mol. The van der Waals surface area contributed by atoms with E-state index >= 15 is 0 Å². The zero-order valence-electron chi connectivity index (χ0n) is 13.8. The first-order valence-corrected chi connectivity index (χ1v) is 8.81. The summed E-state index contributed by atoms with van der Waals surface area (Å²) < 4.78 is 6.75. The van der Waals surface area contributed by atoms with Gasteiger partial charge in [-0.2, -0.15) is 0 Å². The lowest BCUT2D eigenvalue weighted by molar-refractivity contribution is -0.139. The first-order valence-electron chi connectivity index (χ1n) is 8.02. The van der Waals surface area contributed by atoms with Crippen molar-refractivity contribution < 1.29 is 9.53 Å². The number of nitrogens with one attached hydrogen (secondary N) is 1. The number of halogens is 2. The minimum absolute atomic E-state index is 0. The highest BCUT2D eigenvalue weighted by atomic mass is 79.9. The Balaban J connectivity index is 0.00000264. The van der Waals surface area contributed by atoms with E-state index in [-0.39, 0.29) is 18.3 Å². The minimum atomic E-state index is -0.438. The Hall–Kier alpha value is -0.780. The van der Waals surface area contributed by atoms with Crippen molar-refractivity contribution in [3.8, 4) is 5.75 Å². The number of likely N-dealkylation sites (tertiary alicyclic amines) is 1. The van der Waals surface area contributed by atoms with Crippen LogP contribution >= 0.6 is 28.3 Å². The third-order valence-electron chi connectivity index (χ3n) is 4.08. The molecule has 1 saturated heterocycles. The van der Waals surface area contributed by atoms with Crippen LogP contribution in [0.2, 0.25) is 0 Å². The van der Waals surface area contributed by atoms with Crippen molar-refractivity contribution in [3.05, 3.63) is 28.7 Å². The second-order valence-electron chi connectivity index (χ2n) is 5.79. The molecule has 1 amide bonds. The maximum Gasteiger partial charge on any atom is 0.263 e. The van der Waals surface area contributed by atoms with Gasteiger partial charge < -0.3 is 15.0 Å². The molecule has 130 valence electrons. The molecule has 0 aromatic heterocycles. The summed E-state index contributed by atoms with van der Waals surface area (Å²) in [5, 5.41) is 3.39. The summed E-state index contributed by atoms with van der Waals surface area (Å²) in [5.41, 5.74) is 0. The quantitative estimate of drug-likeness (QED) is 0.788. The predicted molar refractivity (Wildman–Crippen MR) is 99.3 cm³/mol. The fraction of sp³-hybridized carbons (Fsp3) is 0.588. The average molecular weight is 406 g/mol. The van der Waals surface area contributed by atoms with E-state index < -0.39 is 6.10 Å². The van der Waals surface area contributed by atoms with Gasteiger partial charge in [0.1, 0.15) is 5.75 Å². The van der Waals surface area contributed by atoms with Gasteiger partial charge in [-0.25, -0.2) is 0 Å². The molecule has 23 heavy (non-hydrogen) atoms. The molecule has 0 aliphatic carbocycles. The number of ether oxygens (including phenoxy) is 1. The van der Waals surface area contributed by atoms with Crippen molar-refractivity contribution in [2.75, 3.05) is 26.2 Å². The predicted octanol–water partition coefficient (Wildman–Crippen LogP) is 3.49. The Bertz CT molecular complexity index is 476. The van der Waals surface area contributed by atoms with Crippen LogP contribution in [0.1, 0.15) is 26.7 Å². The highest BCUT2D eigenvalue weighted by Crippen LogP contribution is 2.20. The van der Waals surface area contributed by atoms with Crippen molar-refractivity contribution in [1.82, 2.24) is 10.2 Å². The Morgan fingerprint density at radius 1 is 1.35 bits per heavy atom. The Morgan fingerprint density at radius 3 is 2.52 bits per heavy atom. The van der Waals surface area contributed by atoms with Crippen molar-refractivity contribution in [2.45, 2.75) is 32.8 Å². The van der Waals surface area contributed by atoms with Crippen LogP contribution in [0.4, 0.5) is 0 Å². The molecule has 1 aliphatic rings. The second-order valence-corrected chi connectivity index (χ2v) is 6.71.